The van der Waals surface area contributed by atoms with Crippen molar-refractivity contribution in [3.63, 3.8) is 0 Å². The van der Waals surface area contributed by atoms with Gasteiger partial charge in [0.15, 0.2) is 11.5 Å². The highest BCUT2D eigenvalue weighted by molar-refractivity contribution is 5.73. The highest BCUT2D eigenvalue weighted by atomic mass is 16.5. The van der Waals surface area contributed by atoms with Crippen molar-refractivity contribution in [3.05, 3.63) is 84.4 Å². The second kappa shape index (κ2) is 6.81. The van der Waals surface area contributed by atoms with Crippen molar-refractivity contribution in [3.8, 4) is 22.6 Å². The van der Waals surface area contributed by atoms with Crippen LogP contribution >= 0.6 is 0 Å². The molecule has 0 heterocycles. The molecule has 2 nitrogen and oxygen atoms in total. The van der Waals surface area contributed by atoms with Crippen molar-refractivity contribution in [2.75, 3.05) is 7.11 Å². The van der Waals surface area contributed by atoms with E-state index >= 15 is 0 Å². The van der Waals surface area contributed by atoms with Crippen LogP contribution in [0.15, 0.2) is 78.9 Å². The Kier molecular flexibility index (Phi) is 4.40. The summed E-state index contributed by atoms with van der Waals surface area (Å²) in [6.07, 6.45) is 0. The Bertz CT molecular complexity index is 721. The lowest BCUT2D eigenvalue weighted by Gasteiger charge is -2.15. The van der Waals surface area contributed by atoms with E-state index in [0.717, 1.165) is 28.2 Å². The van der Waals surface area contributed by atoms with Crippen molar-refractivity contribution in [2.24, 2.45) is 0 Å². The van der Waals surface area contributed by atoms with Gasteiger partial charge in [-0.15, -0.1) is 0 Å². The molecule has 0 saturated carbocycles. The summed E-state index contributed by atoms with van der Waals surface area (Å²) in [7, 11) is 1.67. The first kappa shape index (κ1) is 14.2. The van der Waals surface area contributed by atoms with Gasteiger partial charge in [0.1, 0.15) is 6.61 Å². The average molecular weight is 290 g/mol. The first-order valence-corrected chi connectivity index (χ1v) is 7.27. The van der Waals surface area contributed by atoms with E-state index < -0.39 is 0 Å². The Labute approximate surface area is 131 Å². The predicted molar refractivity (Wildman–Crippen MR) is 89.2 cm³/mol. The zero-order chi connectivity index (χ0) is 15.2. The number of hydrogen-bond donors (Lipinski definition) is 0. The molecule has 22 heavy (non-hydrogen) atoms. The van der Waals surface area contributed by atoms with Gasteiger partial charge in [-0.25, -0.2) is 0 Å². The molecule has 3 aromatic carbocycles. The fourth-order valence-electron chi connectivity index (χ4n) is 2.40. The van der Waals surface area contributed by atoms with Gasteiger partial charge >= 0.3 is 0 Å². The predicted octanol–water partition coefficient (Wildman–Crippen LogP) is 4.94. The largest absolute Gasteiger partial charge is 0.493 e. The maximum Gasteiger partial charge on any atom is 0.169 e. The Morgan fingerprint density at radius 2 is 1.41 bits per heavy atom. The molecule has 0 saturated heterocycles. The number of rotatable bonds is 5. The quantitative estimate of drug-likeness (QED) is 0.662. The highest BCUT2D eigenvalue weighted by Crippen LogP contribution is 2.38. The van der Waals surface area contributed by atoms with Crippen LogP contribution in [0.5, 0.6) is 11.5 Å². The molecule has 0 fully saturated rings. The molecule has 3 rings (SSSR count). The van der Waals surface area contributed by atoms with Crippen LogP contribution in [0.25, 0.3) is 11.1 Å². The first-order valence-electron chi connectivity index (χ1n) is 7.27. The van der Waals surface area contributed by atoms with Crippen LogP contribution in [-0.2, 0) is 6.61 Å². The molecule has 0 unspecified atom stereocenters. The number of hydrogen-bond acceptors (Lipinski definition) is 2. The van der Waals surface area contributed by atoms with Gasteiger partial charge in [-0.1, -0.05) is 72.8 Å². The molecule has 0 aliphatic rings. The molecule has 0 spiro atoms. The second-order valence-electron chi connectivity index (χ2n) is 4.98. The van der Waals surface area contributed by atoms with E-state index in [2.05, 4.69) is 30.3 Å². The van der Waals surface area contributed by atoms with Crippen LogP contribution in [0, 0.1) is 0 Å². The Hall–Kier alpha value is -2.74. The molecule has 0 aliphatic carbocycles. The normalized spacial score (nSPS) is 10.2. The number of methoxy groups -OCH3 is 1. The molecule has 110 valence electrons. The van der Waals surface area contributed by atoms with E-state index in [9.17, 15) is 0 Å². The molecule has 0 amide bonds. The zero-order valence-electron chi connectivity index (χ0n) is 12.5. The van der Waals surface area contributed by atoms with E-state index in [1.807, 2.05) is 48.5 Å². The summed E-state index contributed by atoms with van der Waals surface area (Å²) in [6.45, 7) is 0.515. The minimum absolute atomic E-state index is 0.515. The van der Waals surface area contributed by atoms with Crippen molar-refractivity contribution in [2.45, 2.75) is 6.61 Å². The topological polar surface area (TPSA) is 18.5 Å². The SMILES string of the molecule is COc1cccc(-c2ccccc2)c1OCc1ccccc1. The monoisotopic (exact) mass is 290 g/mol. The van der Waals surface area contributed by atoms with Gasteiger partial charge in [-0.05, 0) is 17.2 Å². The lowest BCUT2D eigenvalue weighted by molar-refractivity contribution is 0.286. The van der Waals surface area contributed by atoms with E-state index in [1.54, 1.807) is 7.11 Å². The molecular weight excluding hydrogens is 272 g/mol. The molecule has 0 N–H and O–H groups in total. The van der Waals surface area contributed by atoms with Crippen LogP contribution in [0.4, 0.5) is 0 Å². The molecule has 2 heteroatoms. The Morgan fingerprint density at radius 1 is 0.727 bits per heavy atom. The van der Waals surface area contributed by atoms with Gasteiger partial charge in [0.05, 0.1) is 7.11 Å². The lowest BCUT2D eigenvalue weighted by atomic mass is 10.0. The fraction of sp³-hybridized carbons (Fsp3) is 0.100. The smallest absolute Gasteiger partial charge is 0.169 e. The van der Waals surface area contributed by atoms with Crippen LogP contribution < -0.4 is 9.47 Å². The maximum absolute atomic E-state index is 6.07. The summed E-state index contributed by atoms with van der Waals surface area (Å²) in [5.74, 6) is 1.53. The van der Waals surface area contributed by atoms with Crippen LogP contribution in [0.3, 0.4) is 0 Å². The van der Waals surface area contributed by atoms with Crippen LogP contribution in [-0.4, -0.2) is 7.11 Å². The molecule has 0 aromatic heterocycles. The van der Waals surface area contributed by atoms with Crippen molar-refractivity contribution in [1.29, 1.82) is 0 Å². The number of ether oxygens (including phenoxy) is 2. The standard InChI is InChI=1S/C20H18O2/c1-21-19-14-8-13-18(17-11-6-3-7-12-17)20(19)22-15-16-9-4-2-5-10-16/h2-14H,15H2,1H3. The summed E-state index contributed by atoms with van der Waals surface area (Å²) >= 11 is 0. The lowest BCUT2D eigenvalue weighted by Crippen LogP contribution is -1.99. The Morgan fingerprint density at radius 3 is 2.09 bits per heavy atom. The van der Waals surface area contributed by atoms with Gasteiger partial charge in [0.25, 0.3) is 0 Å². The van der Waals surface area contributed by atoms with Crippen LogP contribution in [0.1, 0.15) is 5.56 Å². The third kappa shape index (κ3) is 3.12. The van der Waals surface area contributed by atoms with Crippen LogP contribution in [0.2, 0.25) is 0 Å². The third-order valence-corrected chi connectivity index (χ3v) is 3.51. The molecule has 0 aliphatic heterocycles. The molecule has 0 atom stereocenters. The second-order valence-corrected chi connectivity index (χ2v) is 4.98. The minimum atomic E-state index is 0.515. The molecule has 3 aromatic rings. The number of benzene rings is 3. The Balaban J connectivity index is 1.94. The van der Waals surface area contributed by atoms with Gasteiger partial charge < -0.3 is 9.47 Å². The van der Waals surface area contributed by atoms with Gasteiger partial charge in [0.2, 0.25) is 0 Å². The zero-order valence-corrected chi connectivity index (χ0v) is 12.5. The van der Waals surface area contributed by atoms with E-state index in [-0.39, 0.29) is 0 Å². The summed E-state index contributed by atoms with van der Waals surface area (Å²) in [5.41, 5.74) is 3.28. The van der Waals surface area contributed by atoms with Gasteiger partial charge in [0, 0.05) is 5.56 Å². The summed E-state index contributed by atoms with van der Waals surface area (Å²) in [4.78, 5) is 0. The minimum Gasteiger partial charge on any atom is -0.493 e. The van der Waals surface area contributed by atoms with E-state index in [1.165, 1.54) is 0 Å². The first-order chi connectivity index (χ1) is 10.9. The maximum atomic E-state index is 6.07. The number of para-hydroxylation sites is 1. The highest BCUT2D eigenvalue weighted by Gasteiger charge is 2.12. The average Bonchev–Trinajstić information content (AvgIpc) is 2.61. The fourth-order valence-corrected chi connectivity index (χ4v) is 2.40. The molecular formula is C20H18O2. The van der Waals surface area contributed by atoms with Crippen molar-refractivity contribution < 1.29 is 9.47 Å². The summed E-state index contributed by atoms with van der Waals surface area (Å²) in [5, 5.41) is 0. The van der Waals surface area contributed by atoms with E-state index in [0.29, 0.717) is 6.61 Å². The summed E-state index contributed by atoms with van der Waals surface area (Å²) in [6, 6.07) is 26.3. The van der Waals surface area contributed by atoms with Gasteiger partial charge in [-0.3, -0.25) is 0 Å². The van der Waals surface area contributed by atoms with Gasteiger partial charge in [-0.2, -0.15) is 0 Å². The van der Waals surface area contributed by atoms with Crippen molar-refractivity contribution >= 4 is 0 Å². The molecule has 0 bridgehead atoms. The molecule has 0 radical (unpaired) electrons. The van der Waals surface area contributed by atoms with Crippen molar-refractivity contribution in [1.82, 2.24) is 0 Å². The van der Waals surface area contributed by atoms with E-state index in [4.69, 9.17) is 9.47 Å². The third-order valence-electron chi connectivity index (χ3n) is 3.51. The summed E-state index contributed by atoms with van der Waals surface area (Å²) < 4.78 is 11.5.